The van der Waals surface area contributed by atoms with Crippen LogP contribution in [0.5, 0.6) is 0 Å². The number of nitriles is 1. The van der Waals surface area contributed by atoms with Gasteiger partial charge < -0.3 is 5.32 Å². The first kappa shape index (κ1) is 15.4. The van der Waals surface area contributed by atoms with E-state index in [0.29, 0.717) is 0 Å². The Kier molecular flexibility index (Phi) is 6.56. The second-order valence-electron chi connectivity index (χ2n) is 5.11. The van der Waals surface area contributed by atoms with E-state index in [4.69, 9.17) is 0 Å². The summed E-state index contributed by atoms with van der Waals surface area (Å²) in [7, 11) is 0. The largest absolute Gasteiger partial charge is 0.352 e. The lowest BCUT2D eigenvalue weighted by Crippen LogP contribution is -2.45. The molecule has 102 valence electrons. The van der Waals surface area contributed by atoms with Crippen LogP contribution >= 0.6 is 11.8 Å². The zero-order chi connectivity index (χ0) is 13.4. The summed E-state index contributed by atoms with van der Waals surface area (Å²) < 4.78 is 0. The lowest BCUT2D eigenvalue weighted by Gasteiger charge is -2.30. The molecule has 0 saturated heterocycles. The van der Waals surface area contributed by atoms with E-state index in [1.54, 1.807) is 0 Å². The van der Waals surface area contributed by atoms with Gasteiger partial charge in [0.15, 0.2) is 0 Å². The molecule has 0 aromatic rings. The first-order chi connectivity index (χ1) is 8.64. The quantitative estimate of drug-likeness (QED) is 0.753. The van der Waals surface area contributed by atoms with Crippen LogP contribution in [0.25, 0.3) is 0 Å². The number of rotatable bonds is 6. The Morgan fingerprint density at radius 3 is 2.67 bits per heavy atom. The number of carbonyl (C=O) groups is 1. The van der Waals surface area contributed by atoms with E-state index in [9.17, 15) is 10.1 Å². The minimum atomic E-state index is -0.746. The zero-order valence-electron chi connectivity index (χ0n) is 11.5. The van der Waals surface area contributed by atoms with Crippen LogP contribution in [-0.4, -0.2) is 23.5 Å². The van der Waals surface area contributed by atoms with Gasteiger partial charge in [0, 0.05) is 6.04 Å². The third-order valence-electron chi connectivity index (χ3n) is 3.63. The Morgan fingerprint density at radius 1 is 1.44 bits per heavy atom. The zero-order valence-corrected chi connectivity index (χ0v) is 12.3. The molecule has 1 saturated carbocycles. The van der Waals surface area contributed by atoms with Crippen LogP contribution in [0.4, 0.5) is 0 Å². The van der Waals surface area contributed by atoms with Gasteiger partial charge in [0.25, 0.3) is 0 Å². The van der Waals surface area contributed by atoms with Gasteiger partial charge in [-0.2, -0.15) is 17.0 Å². The summed E-state index contributed by atoms with van der Waals surface area (Å²) in [6.45, 7) is 4.17. The van der Waals surface area contributed by atoms with Crippen LogP contribution in [-0.2, 0) is 4.79 Å². The molecule has 18 heavy (non-hydrogen) atoms. The van der Waals surface area contributed by atoms with E-state index >= 15 is 0 Å². The summed E-state index contributed by atoms with van der Waals surface area (Å²) in [6, 6.07) is 2.44. The fraction of sp³-hybridized carbons (Fsp3) is 0.857. The molecule has 0 unspecified atom stereocenters. The topological polar surface area (TPSA) is 52.9 Å². The maximum atomic E-state index is 12.3. The molecule has 1 aliphatic rings. The van der Waals surface area contributed by atoms with Crippen molar-refractivity contribution in [3.05, 3.63) is 0 Å². The highest BCUT2D eigenvalue weighted by Crippen LogP contribution is 2.35. The van der Waals surface area contributed by atoms with Gasteiger partial charge in [-0.3, -0.25) is 4.79 Å². The highest BCUT2D eigenvalue weighted by Gasteiger charge is 2.40. The van der Waals surface area contributed by atoms with Gasteiger partial charge in [0.1, 0.15) is 5.41 Å². The third kappa shape index (κ3) is 4.20. The Labute approximate surface area is 115 Å². The second-order valence-corrected chi connectivity index (χ2v) is 6.51. The molecule has 0 aromatic heterocycles. The molecule has 0 aromatic carbocycles. The van der Waals surface area contributed by atoms with Gasteiger partial charge in [-0.05, 0) is 37.7 Å². The van der Waals surface area contributed by atoms with E-state index in [-0.39, 0.29) is 11.9 Å². The maximum absolute atomic E-state index is 12.3. The van der Waals surface area contributed by atoms with Crippen molar-refractivity contribution < 1.29 is 4.79 Å². The van der Waals surface area contributed by atoms with Crippen LogP contribution in [0.15, 0.2) is 0 Å². The predicted molar refractivity (Wildman–Crippen MR) is 76.4 cm³/mol. The van der Waals surface area contributed by atoms with Crippen molar-refractivity contribution in [2.24, 2.45) is 5.41 Å². The van der Waals surface area contributed by atoms with Crippen molar-refractivity contribution in [2.45, 2.75) is 58.4 Å². The maximum Gasteiger partial charge on any atom is 0.240 e. The molecule has 3 nitrogen and oxygen atoms in total. The average Bonchev–Trinajstić information content (AvgIpc) is 2.39. The average molecular weight is 268 g/mol. The van der Waals surface area contributed by atoms with Crippen molar-refractivity contribution in [2.75, 3.05) is 11.5 Å². The molecule has 1 amide bonds. The van der Waals surface area contributed by atoms with Crippen molar-refractivity contribution in [3.63, 3.8) is 0 Å². The number of hydrogen-bond donors (Lipinski definition) is 1. The molecule has 4 heteroatoms. The summed E-state index contributed by atoms with van der Waals surface area (Å²) in [5.41, 5.74) is -0.746. The van der Waals surface area contributed by atoms with Crippen LogP contribution < -0.4 is 5.32 Å². The molecule has 1 aliphatic carbocycles. The Morgan fingerprint density at radius 2 is 2.11 bits per heavy atom. The molecular formula is C14H24N2OS. The van der Waals surface area contributed by atoms with Gasteiger partial charge in [0.2, 0.25) is 5.91 Å². The minimum Gasteiger partial charge on any atom is -0.352 e. The predicted octanol–water partition coefficient (Wildman–Crippen LogP) is 3.11. The van der Waals surface area contributed by atoms with Crippen molar-refractivity contribution in [3.8, 4) is 6.07 Å². The number of nitrogens with one attached hydrogen (secondary N) is 1. The fourth-order valence-corrected chi connectivity index (χ4v) is 3.19. The van der Waals surface area contributed by atoms with E-state index in [2.05, 4.69) is 18.3 Å². The number of amides is 1. The molecule has 1 rings (SSSR count). The smallest absolute Gasteiger partial charge is 0.240 e. The van der Waals surface area contributed by atoms with Crippen molar-refractivity contribution in [1.29, 1.82) is 5.26 Å². The molecule has 1 N–H and O–H groups in total. The fourth-order valence-electron chi connectivity index (χ4n) is 2.38. The van der Waals surface area contributed by atoms with Crippen molar-refractivity contribution in [1.82, 2.24) is 5.32 Å². The Bertz CT molecular complexity index is 305. The lowest BCUT2D eigenvalue weighted by molar-refractivity contribution is -0.130. The molecule has 1 fully saturated rings. The molecule has 0 radical (unpaired) electrons. The Balaban J connectivity index is 2.45. The minimum absolute atomic E-state index is 0.0429. The lowest BCUT2D eigenvalue weighted by atomic mass is 9.74. The molecule has 0 spiro atoms. The van der Waals surface area contributed by atoms with E-state index in [0.717, 1.165) is 50.0 Å². The van der Waals surface area contributed by atoms with Gasteiger partial charge >= 0.3 is 0 Å². The highest BCUT2D eigenvalue weighted by atomic mass is 32.2. The molecule has 0 heterocycles. The number of carbonyl (C=O) groups excluding carboxylic acids is 1. The number of hydrogen-bond acceptors (Lipinski definition) is 3. The summed E-state index contributed by atoms with van der Waals surface area (Å²) in [4.78, 5) is 12.3. The van der Waals surface area contributed by atoms with E-state index in [1.807, 2.05) is 18.7 Å². The van der Waals surface area contributed by atoms with Crippen LogP contribution in [0, 0.1) is 16.7 Å². The Hall–Kier alpha value is -0.690. The van der Waals surface area contributed by atoms with Crippen LogP contribution in [0.3, 0.4) is 0 Å². The van der Waals surface area contributed by atoms with E-state index < -0.39 is 5.41 Å². The van der Waals surface area contributed by atoms with Crippen molar-refractivity contribution >= 4 is 17.7 Å². The van der Waals surface area contributed by atoms with Gasteiger partial charge in [-0.25, -0.2) is 0 Å². The molecular weight excluding hydrogens is 244 g/mol. The number of nitrogens with zero attached hydrogens (tertiary/aromatic N) is 1. The highest BCUT2D eigenvalue weighted by molar-refractivity contribution is 7.99. The summed E-state index contributed by atoms with van der Waals surface area (Å²) in [5, 5.41) is 12.3. The normalized spacial score (nSPS) is 19.8. The SMILES string of the molecule is CCSCC[C@@H](C)NC(=O)C1(C#N)CCCCC1. The first-order valence-electron chi connectivity index (χ1n) is 6.94. The third-order valence-corrected chi connectivity index (χ3v) is 4.57. The van der Waals surface area contributed by atoms with E-state index in [1.165, 1.54) is 0 Å². The molecule has 1 atom stereocenters. The second kappa shape index (κ2) is 7.68. The standard InChI is InChI=1S/C14H24N2OS/c1-3-18-10-7-12(2)16-13(17)14(11-15)8-5-4-6-9-14/h12H,3-10H2,1-2H3,(H,16,17)/t12-/m1/s1. The van der Waals surface area contributed by atoms with Gasteiger partial charge in [-0.1, -0.05) is 26.2 Å². The molecule has 0 aliphatic heterocycles. The monoisotopic (exact) mass is 268 g/mol. The number of thioether (sulfide) groups is 1. The first-order valence-corrected chi connectivity index (χ1v) is 8.10. The van der Waals surface area contributed by atoms with Gasteiger partial charge in [0.05, 0.1) is 6.07 Å². The summed E-state index contributed by atoms with van der Waals surface area (Å²) in [6.07, 6.45) is 5.59. The summed E-state index contributed by atoms with van der Waals surface area (Å²) >= 11 is 1.89. The molecule has 0 bridgehead atoms. The van der Waals surface area contributed by atoms with Crippen LogP contribution in [0.2, 0.25) is 0 Å². The van der Waals surface area contributed by atoms with Crippen LogP contribution in [0.1, 0.15) is 52.4 Å². The van der Waals surface area contributed by atoms with Gasteiger partial charge in [-0.15, -0.1) is 0 Å². The summed E-state index contributed by atoms with van der Waals surface area (Å²) in [5.74, 6) is 2.14.